The highest BCUT2D eigenvalue weighted by atomic mass is 16.4. The number of hydrogen-bond donors (Lipinski definition) is 1. The minimum atomic E-state index is -0.778. The molecule has 0 atom stereocenters. The van der Waals surface area contributed by atoms with Crippen molar-refractivity contribution in [2.24, 2.45) is 7.05 Å². The first kappa shape index (κ1) is 11.8. The Morgan fingerprint density at radius 3 is 2.95 bits per heavy atom. The second-order valence-corrected chi connectivity index (χ2v) is 4.85. The first-order valence-electron chi connectivity index (χ1n) is 6.21. The lowest BCUT2D eigenvalue weighted by Gasteiger charge is -1.99. The maximum Gasteiger partial charge on any atom is 0.303 e. The monoisotopic (exact) mass is 257 g/mol. The summed E-state index contributed by atoms with van der Waals surface area (Å²) < 4.78 is 3.98. The quantitative estimate of drug-likeness (QED) is 0.782. The fraction of sp³-hybridized carbons (Fsp3) is 0.286. The molecular formula is C14H15N3O2. The van der Waals surface area contributed by atoms with E-state index >= 15 is 0 Å². The van der Waals surface area contributed by atoms with Gasteiger partial charge in [0.15, 0.2) is 0 Å². The van der Waals surface area contributed by atoms with Crippen LogP contribution in [0.4, 0.5) is 0 Å². The number of benzene rings is 1. The van der Waals surface area contributed by atoms with Crippen molar-refractivity contribution in [2.45, 2.75) is 19.8 Å². The minimum Gasteiger partial charge on any atom is -0.481 e. The molecule has 0 saturated carbocycles. The summed E-state index contributed by atoms with van der Waals surface area (Å²) in [6.45, 7) is 2.05. The van der Waals surface area contributed by atoms with E-state index in [9.17, 15) is 4.79 Å². The Balaban J connectivity index is 2.15. The summed E-state index contributed by atoms with van der Waals surface area (Å²) in [5.74, 6) is 0.0699. The van der Waals surface area contributed by atoms with Crippen LogP contribution in [0.2, 0.25) is 0 Å². The fourth-order valence-corrected chi connectivity index (χ4v) is 2.39. The first-order chi connectivity index (χ1) is 9.06. The summed E-state index contributed by atoms with van der Waals surface area (Å²) in [6, 6.07) is 6.14. The molecular weight excluding hydrogens is 242 g/mol. The molecule has 5 nitrogen and oxygen atoms in total. The van der Waals surface area contributed by atoms with Gasteiger partial charge in [-0.2, -0.15) is 0 Å². The Labute approximate surface area is 110 Å². The number of nitrogens with zero attached hydrogens (tertiary/aromatic N) is 3. The summed E-state index contributed by atoms with van der Waals surface area (Å²) in [6.07, 6.45) is 2.63. The van der Waals surface area contributed by atoms with E-state index in [1.54, 1.807) is 0 Å². The highest BCUT2D eigenvalue weighted by Gasteiger charge is 2.12. The van der Waals surface area contributed by atoms with Crippen LogP contribution < -0.4 is 0 Å². The highest BCUT2D eigenvalue weighted by Crippen LogP contribution is 2.20. The van der Waals surface area contributed by atoms with Gasteiger partial charge in [-0.25, -0.2) is 4.98 Å². The van der Waals surface area contributed by atoms with Crippen LogP contribution in [0.5, 0.6) is 0 Å². The number of carbonyl (C=O) groups is 1. The maximum absolute atomic E-state index is 10.7. The molecule has 1 aromatic carbocycles. The second kappa shape index (κ2) is 4.12. The van der Waals surface area contributed by atoms with Crippen LogP contribution >= 0.6 is 0 Å². The van der Waals surface area contributed by atoms with Crippen LogP contribution in [-0.2, 0) is 18.3 Å². The van der Waals surface area contributed by atoms with E-state index in [1.165, 1.54) is 5.56 Å². The molecule has 0 aliphatic rings. The molecule has 0 spiro atoms. The standard InChI is InChI=1S/C14H15N3O2/c1-9-3-5-11-12(7-9)17-8-10(4-6-13(18)19)16(2)14(17)15-11/h3,5,7-8H,4,6H2,1-2H3,(H,18,19). The maximum atomic E-state index is 10.7. The molecule has 3 rings (SSSR count). The van der Waals surface area contributed by atoms with E-state index in [2.05, 4.69) is 11.1 Å². The zero-order valence-corrected chi connectivity index (χ0v) is 10.9. The Kier molecular flexibility index (Phi) is 2.55. The molecule has 0 fully saturated rings. The third kappa shape index (κ3) is 1.87. The first-order valence-corrected chi connectivity index (χ1v) is 6.21. The van der Waals surface area contributed by atoms with Crippen LogP contribution in [0.25, 0.3) is 16.8 Å². The number of aromatic nitrogens is 3. The van der Waals surface area contributed by atoms with Gasteiger partial charge in [0.05, 0.1) is 17.5 Å². The van der Waals surface area contributed by atoms with Crippen molar-refractivity contribution in [3.05, 3.63) is 35.7 Å². The second-order valence-electron chi connectivity index (χ2n) is 4.85. The Hall–Kier alpha value is -2.30. The van der Waals surface area contributed by atoms with Gasteiger partial charge >= 0.3 is 5.97 Å². The van der Waals surface area contributed by atoms with E-state index in [0.717, 1.165) is 22.5 Å². The van der Waals surface area contributed by atoms with Crippen molar-refractivity contribution in [1.29, 1.82) is 0 Å². The van der Waals surface area contributed by atoms with Gasteiger partial charge in [-0.3, -0.25) is 9.20 Å². The molecule has 0 bridgehead atoms. The lowest BCUT2D eigenvalue weighted by molar-refractivity contribution is -0.136. The molecule has 2 aromatic heterocycles. The van der Waals surface area contributed by atoms with Crippen molar-refractivity contribution >= 4 is 22.8 Å². The van der Waals surface area contributed by atoms with E-state index in [-0.39, 0.29) is 6.42 Å². The number of aryl methyl sites for hydroxylation is 3. The van der Waals surface area contributed by atoms with Crippen molar-refractivity contribution in [3.8, 4) is 0 Å². The van der Waals surface area contributed by atoms with Gasteiger partial charge in [0, 0.05) is 18.9 Å². The number of fused-ring (bicyclic) bond motifs is 3. The summed E-state index contributed by atoms with van der Waals surface area (Å²) in [5, 5.41) is 8.77. The van der Waals surface area contributed by atoms with Crippen molar-refractivity contribution in [1.82, 2.24) is 14.0 Å². The van der Waals surface area contributed by atoms with Gasteiger partial charge in [0.2, 0.25) is 5.78 Å². The summed E-state index contributed by atoms with van der Waals surface area (Å²) in [7, 11) is 1.92. The third-order valence-electron chi connectivity index (χ3n) is 3.43. The van der Waals surface area contributed by atoms with Crippen LogP contribution in [0.1, 0.15) is 17.7 Å². The zero-order valence-electron chi connectivity index (χ0n) is 10.9. The molecule has 19 heavy (non-hydrogen) atoms. The topological polar surface area (TPSA) is 59.5 Å². The summed E-state index contributed by atoms with van der Waals surface area (Å²) in [5.41, 5.74) is 4.19. The molecule has 0 saturated heterocycles. The number of carboxylic acid groups (broad SMARTS) is 1. The van der Waals surface area contributed by atoms with Crippen LogP contribution in [-0.4, -0.2) is 25.0 Å². The number of rotatable bonds is 3. The average molecular weight is 257 g/mol. The molecule has 2 heterocycles. The average Bonchev–Trinajstić information content (AvgIpc) is 2.85. The van der Waals surface area contributed by atoms with E-state index < -0.39 is 5.97 Å². The molecule has 0 aliphatic heterocycles. The smallest absolute Gasteiger partial charge is 0.303 e. The summed E-state index contributed by atoms with van der Waals surface area (Å²) in [4.78, 5) is 15.2. The van der Waals surface area contributed by atoms with E-state index in [0.29, 0.717) is 6.42 Å². The van der Waals surface area contributed by atoms with Crippen molar-refractivity contribution < 1.29 is 9.90 Å². The van der Waals surface area contributed by atoms with Gasteiger partial charge in [-0.05, 0) is 31.0 Å². The fourth-order valence-electron chi connectivity index (χ4n) is 2.39. The van der Waals surface area contributed by atoms with Gasteiger partial charge in [0.1, 0.15) is 0 Å². The molecule has 0 amide bonds. The van der Waals surface area contributed by atoms with Crippen molar-refractivity contribution in [2.75, 3.05) is 0 Å². The number of carboxylic acids is 1. The number of aliphatic carboxylic acids is 1. The number of hydrogen-bond acceptors (Lipinski definition) is 2. The molecule has 5 heteroatoms. The highest BCUT2D eigenvalue weighted by molar-refractivity contribution is 5.80. The summed E-state index contributed by atoms with van der Waals surface area (Å²) >= 11 is 0. The lowest BCUT2D eigenvalue weighted by atomic mass is 10.2. The zero-order chi connectivity index (χ0) is 13.6. The Morgan fingerprint density at radius 1 is 1.42 bits per heavy atom. The predicted molar refractivity (Wildman–Crippen MR) is 72.4 cm³/mol. The van der Waals surface area contributed by atoms with Crippen LogP contribution in [0.15, 0.2) is 24.4 Å². The van der Waals surface area contributed by atoms with Gasteiger partial charge in [-0.1, -0.05) is 6.07 Å². The van der Waals surface area contributed by atoms with Gasteiger partial charge in [-0.15, -0.1) is 0 Å². The van der Waals surface area contributed by atoms with Gasteiger partial charge < -0.3 is 9.67 Å². The Bertz CT molecular complexity index is 783. The Morgan fingerprint density at radius 2 is 2.21 bits per heavy atom. The largest absolute Gasteiger partial charge is 0.481 e. The van der Waals surface area contributed by atoms with E-state index in [1.807, 2.05) is 41.3 Å². The molecule has 0 radical (unpaired) electrons. The molecule has 1 N–H and O–H groups in total. The molecule has 3 aromatic rings. The van der Waals surface area contributed by atoms with E-state index in [4.69, 9.17) is 5.11 Å². The van der Waals surface area contributed by atoms with Crippen molar-refractivity contribution in [3.63, 3.8) is 0 Å². The minimum absolute atomic E-state index is 0.137. The molecule has 0 aliphatic carbocycles. The third-order valence-corrected chi connectivity index (χ3v) is 3.43. The van der Waals surface area contributed by atoms with Crippen LogP contribution in [0.3, 0.4) is 0 Å². The normalized spacial score (nSPS) is 11.5. The van der Waals surface area contributed by atoms with Crippen LogP contribution in [0, 0.1) is 6.92 Å². The molecule has 98 valence electrons. The SMILES string of the molecule is Cc1ccc2nc3n(C)c(CCC(=O)O)cn3c2c1. The lowest BCUT2D eigenvalue weighted by Crippen LogP contribution is -2.02. The van der Waals surface area contributed by atoms with Gasteiger partial charge in [0.25, 0.3) is 0 Å². The number of imidazole rings is 2. The molecule has 0 unspecified atom stereocenters. The predicted octanol–water partition coefficient (Wildman–Crippen LogP) is 2.15.